The summed E-state index contributed by atoms with van der Waals surface area (Å²) in [4.78, 5) is 12.5. The molecule has 25 heavy (non-hydrogen) atoms. The molecule has 0 fully saturated rings. The van der Waals surface area contributed by atoms with E-state index < -0.39 is 5.91 Å². The number of methoxy groups -OCH3 is 1. The fourth-order valence-corrected chi connectivity index (χ4v) is 2.26. The number of aromatic amines is 1. The van der Waals surface area contributed by atoms with E-state index in [1.807, 2.05) is 12.1 Å². The number of nitrogens with one attached hydrogen (secondary N) is 3. The van der Waals surface area contributed by atoms with Gasteiger partial charge in [-0.05, 0) is 42.8 Å². The number of hydrogen-bond acceptors (Lipinski definition) is 5. The number of carbonyl (C=O) groups is 1. The van der Waals surface area contributed by atoms with Crippen molar-refractivity contribution in [2.45, 2.75) is 6.92 Å². The monoisotopic (exact) mass is 341 g/mol. The lowest BCUT2D eigenvalue weighted by molar-refractivity contribution is 0.102. The summed E-state index contributed by atoms with van der Waals surface area (Å²) >= 11 is 0. The first-order chi connectivity index (χ1) is 12.1. The largest absolute Gasteiger partial charge is 0.497 e. The molecule has 0 bridgehead atoms. The highest BCUT2D eigenvalue weighted by atomic mass is 19.1. The molecular weight excluding hydrogens is 325 g/mol. The number of ether oxygens (including phenoxy) is 1. The highest BCUT2D eigenvalue weighted by molar-refractivity contribution is 6.06. The molecule has 0 radical (unpaired) electrons. The van der Waals surface area contributed by atoms with Crippen LogP contribution in [0.25, 0.3) is 0 Å². The number of aryl methyl sites for hydroxylation is 1. The SMILES string of the molecule is COc1cccc(Nc2n[nH]nc2C(=O)Nc2ccc(F)cc2C)c1. The Hall–Kier alpha value is -3.42. The minimum Gasteiger partial charge on any atom is -0.497 e. The van der Waals surface area contributed by atoms with E-state index in [0.29, 0.717) is 22.7 Å². The molecular formula is C17H16FN5O2. The van der Waals surface area contributed by atoms with Gasteiger partial charge in [0.05, 0.1) is 7.11 Å². The number of amides is 1. The molecule has 3 rings (SSSR count). The molecule has 0 aliphatic carbocycles. The number of carbonyl (C=O) groups excluding carboxylic acids is 1. The van der Waals surface area contributed by atoms with Crippen molar-refractivity contribution in [1.29, 1.82) is 0 Å². The van der Waals surface area contributed by atoms with E-state index in [1.165, 1.54) is 18.2 Å². The van der Waals surface area contributed by atoms with Gasteiger partial charge < -0.3 is 15.4 Å². The molecule has 0 aliphatic heterocycles. The normalized spacial score (nSPS) is 10.4. The summed E-state index contributed by atoms with van der Waals surface area (Å²) in [6, 6.07) is 11.3. The van der Waals surface area contributed by atoms with Crippen molar-refractivity contribution < 1.29 is 13.9 Å². The lowest BCUT2D eigenvalue weighted by Crippen LogP contribution is -2.15. The number of benzene rings is 2. The highest BCUT2D eigenvalue weighted by Crippen LogP contribution is 2.22. The predicted octanol–water partition coefficient (Wildman–Crippen LogP) is 3.26. The van der Waals surface area contributed by atoms with Crippen molar-refractivity contribution in [3.8, 4) is 5.75 Å². The lowest BCUT2D eigenvalue weighted by Gasteiger charge is -2.09. The Morgan fingerprint density at radius 3 is 2.80 bits per heavy atom. The molecule has 2 aromatic carbocycles. The zero-order chi connectivity index (χ0) is 17.8. The van der Waals surface area contributed by atoms with Gasteiger partial charge >= 0.3 is 0 Å². The summed E-state index contributed by atoms with van der Waals surface area (Å²) in [6.45, 7) is 1.71. The van der Waals surface area contributed by atoms with Crippen molar-refractivity contribution in [1.82, 2.24) is 15.4 Å². The molecule has 0 spiro atoms. The Bertz CT molecular complexity index is 910. The van der Waals surface area contributed by atoms with Crippen LogP contribution in [0.15, 0.2) is 42.5 Å². The molecule has 0 aliphatic rings. The number of nitrogens with zero attached hydrogens (tertiary/aromatic N) is 2. The summed E-state index contributed by atoms with van der Waals surface area (Å²) in [6.07, 6.45) is 0. The van der Waals surface area contributed by atoms with E-state index in [0.717, 1.165) is 0 Å². The number of hydrogen-bond donors (Lipinski definition) is 3. The first-order valence-corrected chi connectivity index (χ1v) is 7.46. The quantitative estimate of drug-likeness (QED) is 0.662. The van der Waals surface area contributed by atoms with Crippen molar-refractivity contribution in [2.75, 3.05) is 17.7 Å². The molecule has 0 unspecified atom stereocenters. The van der Waals surface area contributed by atoms with Gasteiger partial charge in [0, 0.05) is 17.4 Å². The summed E-state index contributed by atoms with van der Waals surface area (Å²) < 4.78 is 18.3. The third-order valence-corrected chi connectivity index (χ3v) is 3.53. The Morgan fingerprint density at radius 1 is 1.20 bits per heavy atom. The molecule has 3 N–H and O–H groups in total. The van der Waals surface area contributed by atoms with Gasteiger partial charge in [0.15, 0.2) is 11.5 Å². The molecule has 1 heterocycles. The van der Waals surface area contributed by atoms with E-state index in [-0.39, 0.29) is 17.3 Å². The van der Waals surface area contributed by atoms with Gasteiger partial charge in [-0.2, -0.15) is 5.21 Å². The van der Waals surface area contributed by atoms with Crippen LogP contribution in [0, 0.1) is 12.7 Å². The second-order valence-corrected chi connectivity index (χ2v) is 5.29. The van der Waals surface area contributed by atoms with Crippen molar-refractivity contribution >= 4 is 23.1 Å². The first-order valence-electron chi connectivity index (χ1n) is 7.46. The summed E-state index contributed by atoms with van der Waals surface area (Å²) in [5, 5.41) is 16.0. The van der Waals surface area contributed by atoms with Crippen LogP contribution in [0.1, 0.15) is 16.1 Å². The molecule has 0 saturated heterocycles. The van der Waals surface area contributed by atoms with Crippen LogP contribution >= 0.6 is 0 Å². The van der Waals surface area contributed by atoms with Gasteiger partial charge in [0.25, 0.3) is 5.91 Å². The van der Waals surface area contributed by atoms with Crippen LogP contribution in [0.5, 0.6) is 5.75 Å². The molecule has 1 aromatic heterocycles. The number of H-pyrrole nitrogens is 1. The Kier molecular flexibility index (Phi) is 4.60. The number of rotatable bonds is 5. The highest BCUT2D eigenvalue weighted by Gasteiger charge is 2.18. The van der Waals surface area contributed by atoms with Crippen molar-refractivity contribution in [2.24, 2.45) is 0 Å². The van der Waals surface area contributed by atoms with Gasteiger partial charge in [0.1, 0.15) is 11.6 Å². The van der Waals surface area contributed by atoms with Crippen LogP contribution < -0.4 is 15.4 Å². The molecule has 7 nitrogen and oxygen atoms in total. The second-order valence-electron chi connectivity index (χ2n) is 5.29. The third kappa shape index (κ3) is 3.74. The number of aromatic nitrogens is 3. The van der Waals surface area contributed by atoms with Gasteiger partial charge in [-0.25, -0.2) is 4.39 Å². The maximum absolute atomic E-state index is 13.2. The lowest BCUT2D eigenvalue weighted by atomic mass is 10.2. The van der Waals surface area contributed by atoms with Gasteiger partial charge in [0.2, 0.25) is 0 Å². The predicted molar refractivity (Wildman–Crippen MR) is 91.7 cm³/mol. The maximum Gasteiger partial charge on any atom is 0.280 e. The molecule has 3 aromatic rings. The fourth-order valence-electron chi connectivity index (χ4n) is 2.26. The Morgan fingerprint density at radius 2 is 2.04 bits per heavy atom. The van der Waals surface area contributed by atoms with E-state index in [2.05, 4.69) is 26.0 Å². The van der Waals surface area contributed by atoms with Gasteiger partial charge in [-0.15, -0.1) is 10.2 Å². The zero-order valence-electron chi connectivity index (χ0n) is 13.6. The first kappa shape index (κ1) is 16.4. The molecule has 0 saturated carbocycles. The zero-order valence-corrected chi connectivity index (χ0v) is 13.6. The third-order valence-electron chi connectivity index (χ3n) is 3.53. The number of halogens is 1. The van der Waals surface area contributed by atoms with Crippen LogP contribution in [-0.2, 0) is 0 Å². The molecule has 8 heteroatoms. The maximum atomic E-state index is 13.2. The molecule has 0 atom stereocenters. The summed E-state index contributed by atoms with van der Waals surface area (Å²) in [5.74, 6) is 0.109. The van der Waals surface area contributed by atoms with Crippen LogP contribution in [-0.4, -0.2) is 28.4 Å². The van der Waals surface area contributed by atoms with E-state index in [9.17, 15) is 9.18 Å². The van der Waals surface area contributed by atoms with E-state index in [1.54, 1.807) is 26.2 Å². The Balaban J connectivity index is 1.79. The average Bonchev–Trinajstić information content (AvgIpc) is 3.05. The number of anilines is 3. The minimum atomic E-state index is -0.464. The molecule has 128 valence electrons. The smallest absolute Gasteiger partial charge is 0.280 e. The van der Waals surface area contributed by atoms with Gasteiger partial charge in [-0.1, -0.05) is 6.07 Å². The average molecular weight is 341 g/mol. The van der Waals surface area contributed by atoms with E-state index in [4.69, 9.17) is 4.74 Å². The Labute approximate surface area is 143 Å². The standard InChI is InChI=1S/C17H16FN5O2/c1-10-8-11(18)6-7-14(10)20-17(24)15-16(22-23-21-15)19-12-4-3-5-13(9-12)25-2/h3-9H,1-2H3,(H,20,24)(H2,19,21,22,23). The van der Waals surface area contributed by atoms with Crippen LogP contribution in [0.4, 0.5) is 21.6 Å². The van der Waals surface area contributed by atoms with Gasteiger partial charge in [-0.3, -0.25) is 4.79 Å². The molecule has 1 amide bonds. The second kappa shape index (κ2) is 7.00. The minimum absolute atomic E-state index is 0.0894. The summed E-state index contributed by atoms with van der Waals surface area (Å²) in [7, 11) is 1.57. The van der Waals surface area contributed by atoms with Crippen molar-refractivity contribution in [3.63, 3.8) is 0 Å². The van der Waals surface area contributed by atoms with Crippen LogP contribution in [0.2, 0.25) is 0 Å². The summed E-state index contributed by atoms with van der Waals surface area (Å²) in [5.41, 5.74) is 1.90. The fraction of sp³-hybridized carbons (Fsp3) is 0.118. The topological polar surface area (TPSA) is 91.9 Å². The van der Waals surface area contributed by atoms with E-state index >= 15 is 0 Å². The van der Waals surface area contributed by atoms with Crippen molar-refractivity contribution in [3.05, 3.63) is 59.5 Å². The van der Waals surface area contributed by atoms with Crippen LogP contribution in [0.3, 0.4) is 0 Å².